The van der Waals surface area contributed by atoms with Crippen LogP contribution >= 0.6 is 22.9 Å². The number of nitrogens with one attached hydrogen (secondary N) is 2. The van der Waals surface area contributed by atoms with Crippen LogP contribution in [-0.2, 0) is 11.8 Å². The lowest BCUT2D eigenvalue weighted by molar-refractivity contribution is -0.0763. The van der Waals surface area contributed by atoms with E-state index in [0.717, 1.165) is 40.0 Å². The van der Waals surface area contributed by atoms with Gasteiger partial charge in [-0.15, -0.1) is 11.3 Å². The molecule has 50 heavy (non-hydrogen) atoms. The number of ether oxygens (including phenoxy) is 2. The molecule has 0 saturated heterocycles. The SMILES string of the molecule is CCCCOc1cc(-c2cnc(-c3ccc(C[C@H](NC(=O)c4ccc(C(C)(C)C)s4)C(O)N[C@H](C)C(O)O)cc3)nc2)cc(Cl)c1OC(C)C. The van der Waals surface area contributed by atoms with Gasteiger partial charge >= 0.3 is 0 Å². The fourth-order valence-corrected chi connectivity index (χ4v) is 6.23. The van der Waals surface area contributed by atoms with Gasteiger partial charge in [0.15, 0.2) is 23.6 Å². The van der Waals surface area contributed by atoms with Gasteiger partial charge < -0.3 is 30.1 Å². The summed E-state index contributed by atoms with van der Waals surface area (Å²) in [7, 11) is 0. The van der Waals surface area contributed by atoms with Crippen molar-refractivity contribution in [3.05, 3.63) is 81.3 Å². The minimum absolute atomic E-state index is 0.0654. The van der Waals surface area contributed by atoms with Gasteiger partial charge in [0.2, 0.25) is 0 Å². The van der Waals surface area contributed by atoms with Crippen LogP contribution in [0.15, 0.2) is 60.9 Å². The third kappa shape index (κ3) is 10.7. The normalized spacial score (nSPS) is 13.7. The zero-order chi connectivity index (χ0) is 36.6. The number of aliphatic hydroxyl groups is 3. The van der Waals surface area contributed by atoms with Gasteiger partial charge in [-0.25, -0.2) is 9.97 Å². The lowest BCUT2D eigenvalue weighted by Crippen LogP contribution is -2.55. The second-order valence-corrected chi connectivity index (χ2v) is 15.1. The third-order valence-electron chi connectivity index (χ3n) is 7.92. The summed E-state index contributed by atoms with van der Waals surface area (Å²) in [5.74, 6) is 1.30. The number of rotatable bonds is 16. The minimum Gasteiger partial charge on any atom is -0.490 e. The topological polar surface area (TPSA) is 146 Å². The molecule has 0 bridgehead atoms. The molecule has 5 N–H and O–H groups in total. The molecular weight excluding hydrogens is 676 g/mol. The molecule has 2 heterocycles. The molecule has 2 aromatic carbocycles. The zero-order valence-corrected chi connectivity index (χ0v) is 31.3. The van der Waals surface area contributed by atoms with E-state index in [2.05, 4.69) is 48.3 Å². The molecule has 1 unspecified atom stereocenters. The first kappa shape index (κ1) is 39.2. The Labute approximate surface area is 303 Å². The molecule has 0 fully saturated rings. The van der Waals surface area contributed by atoms with E-state index in [1.807, 2.05) is 56.3 Å². The van der Waals surface area contributed by atoms with Gasteiger partial charge in [-0.2, -0.15) is 0 Å². The lowest BCUT2D eigenvalue weighted by Gasteiger charge is -2.28. The van der Waals surface area contributed by atoms with Crippen molar-refractivity contribution in [3.8, 4) is 34.0 Å². The van der Waals surface area contributed by atoms with E-state index >= 15 is 0 Å². The fourth-order valence-electron chi connectivity index (χ4n) is 5.00. The Bertz CT molecular complexity index is 1690. The highest BCUT2D eigenvalue weighted by Gasteiger charge is 2.27. The van der Waals surface area contributed by atoms with Crippen LogP contribution in [0.25, 0.3) is 22.5 Å². The standard InChI is InChI=1S/C38H49ClN4O6S/c1-8-9-16-48-30-19-26(18-28(39)33(30)49-22(2)3)27-20-40-34(41-21-27)25-12-10-24(11-13-25)17-29(35(44)42-23(4)37(46)47)43-36(45)31-14-15-32(50-31)38(5,6)7/h10-15,18-23,29,35,37,42,44,46-47H,8-9,16-17H2,1-7H3,(H,43,45)/t23-,29+,35?/m1/s1. The van der Waals surface area contributed by atoms with Crippen molar-refractivity contribution >= 4 is 28.8 Å². The van der Waals surface area contributed by atoms with E-state index in [0.29, 0.717) is 33.8 Å². The summed E-state index contributed by atoms with van der Waals surface area (Å²) in [5.41, 5.74) is 3.10. The predicted octanol–water partition coefficient (Wildman–Crippen LogP) is 6.74. The highest BCUT2D eigenvalue weighted by molar-refractivity contribution is 7.14. The monoisotopic (exact) mass is 724 g/mol. The quantitative estimate of drug-likeness (QED) is 0.0627. The number of hydrogen-bond acceptors (Lipinski definition) is 10. The van der Waals surface area contributed by atoms with Crippen LogP contribution < -0.4 is 20.1 Å². The summed E-state index contributed by atoms with van der Waals surface area (Å²) >= 11 is 8.05. The van der Waals surface area contributed by atoms with Crippen LogP contribution in [0.3, 0.4) is 0 Å². The van der Waals surface area contributed by atoms with E-state index in [4.69, 9.17) is 21.1 Å². The molecule has 4 aromatic rings. The number of nitrogens with zero attached hydrogens (tertiary/aromatic N) is 2. The molecule has 0 aliphatic rings. The smallest absolute Gasteiger partial charge is 0.261 e. The molecule has 10 nitrogen and oxygen atoms in total. The van der Waals surface area contributed by atoms with Crippen molar-refractivity contribution in [1.82, 2.24) is 20.6 Å². The second-order valence-electron chi connectivity index (χ2n) is 13.7. The van der Waals surface area contributed by atoms with Crippen molar-refractivity contribution < 1.29 is 29.6 Å². The third-order valence-corrected chi connectivity index (χ3v) is 9.71. The molecule has 2 aromatic heterocycles. The average molecular weight is 725 g/mol. The Morgan fingerprint density at radius 3 is 2.22 bits per heavy atom. The van der Waals surface area contributed by atoms with Crippen molar-refractivity contribution in [2.75, 3.05) is 6.61 Å². The molecule has 1 amide bonds. The number of unbranched alkanes of at least 4 members (excludes halogenated alkanes) is 1. The molecule has 270 valence electrons. The molecule has 0 spiro atoms. The summed E-state index contributed by atoms with van der Waals surface area (Å²) in [6.07, 6.45) is 2.65. The largest absolute Gasteiger partial charge is 0.490 e. The Morgan fingerprint density at radius 2 is 1.64 bits per heavy atom. The van der Waals surface area contributed by atoms with E-state index in [-0.39, 0.29) is 23.8 Å². The van der Waals surface area contributed by atoms with Crippen LogP contribution in [0.4, 0.5) is 0 Å². The maximum atomic E-state index is 13.3. The summed E-state index contributed by atoms with van der Waals surface area (Å²) in [6, 6.07) is 13.4. The number of halogens is 1. The lowest BCUT2D eigenvalue weighted by atomic mass is 9.95. The van der Waals surface area contributed by atoms with Crippen LogP contribution in [-0.4, -0.2) is 68.5 Å². The summed E-state index contributed by atoms with van der Waals surface area (Å²) < 4.78 is 12.0. The molecule has 3 atom stereocenters. The van der Waals surface area contributed by atoms with Crippen molar-refractivity contribution in [2.24, 2.45) is 0 Å². The van der Waals surface area contributed by atoms with Gasteiger partial charge in [0.25, 0.3) is 5.91 Å². The molecule has 0 radical (unpaired) electrons. The number of carbonyl (C=O) groups excluding carboxylic acids is 1. The fraction of sp³-hybridized carbons (Fsp3) is 0.447. The predicted molar refractivity (Wildman–Crippen MR) is 199 cm³/mol. The summed E-state index contributed by atoms with van der Waals surface area (Å²) in [5, 5.41) is 36.3. The van der Waals surface area contributed by atoms with Crippen LogP contribution in [0.2, 0.25) is 5.02 Å². The number of aromatic nitrogens is 2. The Balaban J connectivity index is 1.51. The number of benzene rings is 2. The Morgan fingerprint density at radius 1 is 0.960 bits per heavy atom. The molecule has 12 heteroatoms. The number of carbonyl (C=O) groups is 1. The van der Waals surface area contributed by atoms with Gasteiger partial charge in [0.05, 0.1) is 34.7 Å². The van der Waals surface area contributed by atoms with E-state index in [9.17, 15) is 20.1 Å². The van der Waals surface area contributed by atoms with Crippen molar-refractivity contribution in [2.45, 2.75) is 104 Å². The number of thiophene rings is 1. The summed E-state index contributed by atoms with van der Waals surface area (Å²) in [6.45, 7) is 14.3. The first-order valence-electron chi connectivity index (χ1n) is 16.9. The van der Waals surface area contributed by atoms with Crippen molar-refractivity contribution in [1.29, 1.82) is 0 Å². The minimum atomic E-state index is -1.69. The molecule has 4 rings (SSSR count). The Hall–Kier alpha value is -3.58. The van der Waals surface area contributed by atoms with Gasteiger partial charge in [-0.1, -0.05) is 70.0 Å². The van der Waals surface area contributed by atoms with Gasteiger partial charge in [-0.05, 0) is 74.4 Å². The first-order chi connectivity index (χ1) is 23.7. The molecule has 0 aliphatic carbocycles. The van der Waals surface area contributed by atoms with Crippen molar-refractivity contribution in [3.63, 3.8) is 0 Å². The van der Waals surface area contributed by atoms with Crippen LogP contribution in [0.5, 0.6) is 11.5 Å². The maximum Gasteiger partial charge on any atom is 0.261 e. The van der Waals surface area contributed by atoms with E-state index < -0.39 is 24.6 Å². The number of amides is 1. The second kappa shape index (κ2) is 17.6. The highest BCUT2D eigenvalue weighted by atomic mass is 35.5. The van der Waals surface area contributed by atoms with Crippen LogP contribution in [0, 0.1) is 0 Å². The highest BCUT2D eigenvalue weighted by Crippen LogP contribution is 2.40. The maximum absolute atomic E-state index is 13.3. The zero-order valence-electron chi connectivity index (χ0n) is 29.7. The average Bonchev–Trinajstić information content (AvgIpc) is 3.58. The van der Waals surface area contributed by atoms with Gasteiger partial charge in [-0.3, -0.25) is 10.1 Å². The van der Waals surface area contributed by atoms with Gasteiger partial charge in [0, 0.05) is 28.4 Å². The molecule has 0 aliphatic heterocycles. The summed E-state index contributed by atoms with van der Waals surface area (Å²) in [4.78, 5) is 24.1. The van der Waals surface area contributed by atoms with Gasteiger partial charge in [0.1, 0.15) is 6.23 Å². The first-order valence-corrected chi connectivity index (χ1v) is 18.1. The number of hydrogen-bond donors (Lipinski definition) is 5. The van der Waals surface area contributed by atoms with E-state index in [1.165, 1.54) is 18.3 Å². The van der Waals surface area contributed by atoms with E-state index in [1.54, 1.807) is 18.5 Å². The molecule has 0 saturated carbocycles. The molecular formula is C38H49ClN4O6S. The Kier molecular flexibility index (Phi) is 13.8. The van der Waals surface area contributed by atoms with Crippen LogP contribution in [0.1, 0.15) is 81.4 Å². The number of aliphatic hydroxyl groups excluding tert-OH is 2.